The second-order valence-corrected chi connectivity index (χ2v) is 13.2. The maximum absolute atomic E-state index is 13.6. The van der Waals surface area contributed by atoms with Crippen LogP contribution in [0.2, 0.25) is 0 Å². The van der Waals surface area contributed by atoms with Crippen LogP contribution in [-0.2, 0) is 29.1 Å². The first-order valence-electron chi connectivity index (χ1n) is 15.1. The van der Waals surface area contributed by atoms with E-state index in [-0.39, 0.29) is 48.3 Å². The largest absolute Gasteiger partial charge is 0.453 e. The first-order chi connectivity index (χ1) is 22.1. The fraction of sp³-hybridized carbons (Fsp3) is 0.500. The summed E-state index contributed by atoms with van der Waals surface area (Å²) in [7, 11) is -2.95. The van der Waals surface area contributed by atoms with E-state index in [9.17, 15) is 27.6 Å². The van der Waals surface area contributed by atoms with Crippen molar-refractivity contribution in [3.8, 4) is 0 Å². The SMILES string of the molecule is COC(=O)NC=NN1CCC[C@@H](CNC(=O)[C@H](CC(=O)N(CCNC(=O)CCl)C2CC2)NS(=O)(=O)c2ccc3ccccc3c2)C1. The van der Waals surface area contributed by atoms with Gasteiger partial charge in [0.25, 0.3) is 0 Å². The molecule has 4 N–H and O–H groups in total. The Kier molecular flexibility index (Phi) is 12.6. The molecule has 2 aromatic carbocycles. The highest BCUT2D eigenvalue weighted by Crippen LogP contribution is 2.27. The molecule has 250 valence electrons. The minimum absolute atomic E-state index is 0.00469. The molecular weight excluding hydrogens is 638 g/mol. The number of hydrazone groups is 1. The van der Waals surface area contributed by atoms with Crippen LogP contribution in [0.3, 0.4) is 0 Å². The molecule has 1 aliphatic heterocycles. The van der Waals surface area contributed by atoms with Gasteiger partial charge in [-0.3, -0.25) is 24.7 Å². The number of rotatable bonds is 15. The Balaban J connectivity index is 1.46. The second-order valence-electron chi connectivity index (χ2n) is 11.2. The van der Waals surface area contributed by atoms with E-state index in [1.54, 1.807) is 28.1 Å². The van der Waals surface area contributed by atoms with Crippen LogP contribution in [0.15, 0.2) is 52.5 Å². The molecule has 4 rings (SSSR count). The molecule has 14 nitrogen and oxygen atoms in total. The molecular formula is C30H40ClN7O7S. The number of hydrogen-bond acceptors (Lipinski definition) is 9. The number of sulfonamides is 1. The predicted octanol–water partition coefficient (Wildman–Crippen LogP) is 1.35. The number of fused-ring (bicyclic) bond motifs is 1. The van der Waals surface area contributed by atoms with Gasteiger partial charge in [0.05, 0.1) is 18.4 Å². The van der Waals surface area contributed by atoms with Gasteiger partial charge in [0, 0.05) is 38.8 Å². The van der Waals surface area contributed by atoms with Crippen molar-refractivity contribution < 1.29 is 32.3 Å². The standard InChI is InChI=1S/C30H40ClN7O7S/c1-45-30(42)34-20-35-37-13-4-5-21(19-37)18-33-29(41)26(16-28(40)38(24-9-10-24)14-12-32-27(39)17-31)36-46(43,44)25-11-8-22-6-2-3-7-23(22)15-25/h2-3,6-8,11,15,20-21,24,26,36H,4-5,9-10,12-14,16-19H2,1H3,(H,32,39)(H,33,41)(H,34,35,42)/t21-,26-/m0/s1. The van der Waals surface area contributed by atoms with Gasteiger partial charge in [-0.25, -0.2) is 13.2 Å². The number of carbonyl (C=O) groups excluding carboxylic acids is 4. The Hall–Kier alpha value is -3.95. The maximum atomic E-state index is 13.6. The van der Waals surface area contributed by atoms with Crippen molar-refractivity contribution in [3.63, 3.8) is 0 Å². The third-order valence-corrected chi connectivity index (χ3v) is 9.49. The third-order valence-electron chi connectivity index (χ3n) is 7.78. The minimum Gasteiger partial charge on any atom is -0.453 e. The van der Waals surface area contributed by atoms with Crippen molar-refractivity contribution in [3.05, 3.63) is 42.5 Å². The number of methoxy groups -OCH3 is 1. The molecule has 0 unspecified atom stereocenters. The molecule has 46 heavy (non-hydrogen) atoms. The molecule has 0 radical (unpaired) electrons. The summed E-state index contributed by atoms with van der Waals surface area (Å²) in [5.41, 5.74) is 0. The van der Waals surface area contributed by atoms with Gasteiger partial charge in [0.2, 0.25) is 27.7 Å². The van der Waals surface area contributed by atoms with E-state index >= 15 is 0 Å². The fourth-order valence-electron chi connectivity index (χ4n) is 5.23. The maximum Gasteiger partial charge on any atom is 0.412 e. The number of amides is 4. The average molecular weight is 678 g/mol. The van der Waals surface area contributed by atoms with Gasteiger partial charge < -0.3 is 20.3 Å². The monoisotopic (exact) mass is 677 g/mol. The van der Waals surface area contributed by atoms with Crippen LogP contribution in [-0.4, -0.2) is 106 Å². The van der Waals surface area contributed by atoms with Crippen LogP contribution < -0.4 is 20.7 Å². The smallest absolute Gasteiger partial charge is 0.412 e. The molecule has 0 spiro atoms. The minimum atomic E-state index is -4.20. The quantitative estimate of drug-likeness (QED) is 0.124. The Bertz CT molecular complexity index is 1540. The van der Waals surface area contributed by atoms with E-state index < -0.39 is 40.4 Å². The van der Waals surface area contributed by atoms with E-state index in [2.05, 4.69) is 30.5 Å². The number of ether oxygens (including phenoxy) is 1. The molecule has 2 fully saturated rings. The van der Waals surface area contributed by atoms with E-state index in [4.69, 9.17) is 11.6 Å². The number of alkyl carbamates (subject to hydrolysis) is 1. The summed E-state index contributed by atoms with van der Waals surface area (Å²) in [6, 6.07) is 10.6. The summed E-state index contributed by atoms with van der Waals surface area (Å²) in [5.74, 6) is -1.60. The van der Waals surface area contributed by atoms with Crippen molar-refractivity contribution in [2.45, 2.75) is 49.1 Å². The Labute approximate surface area is 273 Å². The van der Waals surface area contributed by atoms with Crippen molar-refractivity contribution in [2.24, 2.45) is 11.0 Å². The van der Waals surface area contributed by atoms with Gasteiger partial charge in [0.15, 0.2) is 0 Å². The van der Waals surface area contributed by atoms with Crippen LogP contribution in [0.4, 0.5) is 4.79 Å². The summed E-state index contributed by atoms with van der Waals surface area (Å²) in [6.07, 6.45) is 3.35. The molecule has 16 heteroatoms. The molecule has 1 saturated heterocycles. The van der Waals surface area contributed by atoms with Crippen LogP contribution in [0.5, 0.6) is 0 Å². The first kappa shape index (κ1) is 34.9. The van der Waals surface area contributed by atoms with Gasteiger partial charge in [-0.15, -0.1) is 11.6 Å². The number of piperidine rings is 1. The van der Waals surface area contributed by atoms with Gasteiger partial charge in [0.1, 0.15) is 18.3 Å². The zero-order valence-corrected chi connectivity index (χ0v) is 27.2. The molecule has 0 aromatic heterocycles. The molecule has 0 bridgehead atoms. The van der Waals surface area contributed by atoms with E-state index in [1.807, 2.05) is 12.1 Å². The molecule has 1 heterocycles. The van der Waals surface area contributed by atoms with Crippen LogP contribution in [0.25, 0.3) is 10.8 Å². The Morgan fingerprint density at radius 2 is 1.87 bits per heavy atom. The highest BCUT2D eigenvalue weighted by Gasteiger charge is 2.36. The Morgan fingerprint density at radius 1 is 1.11 bits per heavy atom. The third kappa shape index (κ3) is 10.3. The normalized spacial score (nSPS) is 17.3. The van der Waals surface area contributed by atoms with Gasteiger partial charge >= 0.3 is 6.09 Å². The zero-order chi connectivity index (χ0) is 33.1. The number of nitrogens with one attached hydrogen (secondary N) is 4. The topological polar surface area (TPSA) is 179 Å². The lowest BCUT2D eigenvalue weighted by molar-refractivity contribution is -0.135. The number of benzene rings is 2. The van der Waals surface area contributed by atoms with Gasteiger partial charge in [-0.2, -0.15) is 9.82 Å². The van der Waals surface area contributed by atoms with Crippen molar-refractivity contribution >= 4 is 62.5 Å². The average Bonchev–Trinajstić information content (AvgIpc) is 3.90. The summed E-state index contributed by atoms with van der Waals surface area (Å²) >= 11 is 5.55. The van der Waals surface area contributed by atoms with Crippen molar-refractivity contribution in [2.75, 3.05) is 45.7 Å². The lowest BCUT2D eigenvalue weighted by atomic mass is 9.99. The molecule has 2 aromatic rings. The summed E-state index contributed by atoms with van der Waals surface area (Å²) in [5, 5.41) is 15.4. The predicted molar refractivity (Wildman–Crippen MR) is 172 cm³/mol. The van der Waals surface area contributed by atoms with Gasteiger partial charge in [-0.05, 0) is 54.5 Å². The van der Waals surface area contributed by atoms with Crippen LogP contribution in [0.1, 0.15) is 32.1 Å². The summed E-state index contributed by atoms with van der Waals surface area (Å²) in [6.45, 7) is 1.78. The highest BCUT2D eigenvalue weighted by molar-refractivity contribution is 7.89. The van der Waals surface area contributed by atoms with Crippen LogP contribution in [0, 0.1) is 5.92 Å². The second kappa shape index (κ2) is 16.6. The molecule has 4 amide bonds. The number of nitrogens with zero attached hydrogens (tertiary/aromatic N) is 3. The molecule has 1 aliphatic carbocycles. The van der Waals surface area contributed by atoms with Crippen molar-refractivity contribution in [1.82, 2.24) is 30.6 Å². The number of carbonyl (C=O) groups is 4. The lowest BCUT2D eigenvalue weighted by Crippen LogP contribution is -2.51. The first-order valence-corrected chi connectivity index (χ1v) is 17.1. The number of halogens is 1. The summed E-state index contributed by atoms with van der Waals surface area (Å²) < 4.78 is 34.1. The molecule has 2 aliphatic rings. The fourth-order valence-corrected chi connectivity index (χ4v) is 6.56. The van der Waals surface area contributed by atoms with Crippen LogP contribution >= 0.6 is 11.6 Å². The lowest BCUT2D eigenvalue weighted by Gasteiger charge is -2.31. The van der Waals surface area contributed by atoms with Crippen molar-refractivity contribution in [1.29, 1.82) is 0 Å². The van der Waals surface area contributed by atoms with E-state index in [0.29, 0.717) is 18.5 Å². The van der Waals surface area contributed by atoms with E-state index in [1.165, 1.54) is 25.6 Å². The molecule has 1 saturated carbocycles. The van der Waals surface area contributed by atoms with Gasteiger partial charge in [-0.1, -0.05) is 30.3 Å². The van der Waals surface area contributed by atoms with E-state index in [0.717, 1.165) is 31.1 Å². The zero-order valence-electron chi connectivity index (χ0n) is 25.6. The molecule has 2 atom stereocenters. The number of alkyl halides is 1. The Morgan fingerprint density at radius 3 is 2.59 bits per heavy atom. The highest BCUT2D eigenvalue weighted by atomic mass is 35.5. The summed E-state index contributed by atoms with van der Waals surface area (Å²) in [4.78, 5) is 51.5. The number of hydrogen-bond donors (Lipinski definition) is 4.